The lowest BCUT2D eigenvalue weighted by Gasteiger charge is -2.02. The van der Waals surface area contributed by atoms with Crippen LogP contribution in [-0.2, 0) is 13.6 Å². The molecule has 0 N–H and O–H groups in total. The summed E-state index contributed by atoms with van der Waals surface area (Å²) < 4.78 is 28.5. The van der Waals surface area contributed by atoms with Crippen molar-refractivity contribution in [2.75, 3.05) is 0 Å². The number of aromatic nitrogens is 3. The molecule has 0 atom stereocenters. The molecule has 0 unspecified atom stereocenters. The van der Waals surface area contributed by atoms with Crippen LogP contribution in [0, 0.1) is 11.6 Å². The van der Waals surface area contributed by atoms with E-state index in [4.69, 9.17) is 0 Å². The van der Waals surface area contributed by atoms with Crippen molar-refractivity contribution in [1.29, 1.82) is 0 Å². The Morgan fingerprint density at radius 1 is 1.38 bits per heavy atom. The zero-order valence-electron chi connectivity index (χ0n) is 8.52. The summed E-state index contributed by atoms with van der Waals surface area (Å²) in [7, 11) is 1.54. The number of aryl methyl sites for hydroxylation is 1. The minimum atomic E-state index is -0.557. The molecule has 0 aliphatic heterocycles. The normalized spacial score (nSPS) is 10.7. The van der Waals surface area contributed by atoms with Crippen LogP contribution in [0.4, 0.5) is 8.78 Å². The smallest absolute Gasteiger partial charge is 0.285 e. The van der Waals surface area contributed by atoms with Crippen LogP contribution in [-0.4, -0.2) is 14.3 Å². The van der Waals surface area contributed by atoms with Crippen molar-refractivity contribution >= 4 is 0 Å². The predicted molar refractivity (Wildman–Crippen MR) is 52.9 cm³/mol. The van der Waals surface area contributed by atoms with Gasteiger partial charge in [0.05, 0.1) is 6.54 Å². The summed E-state index contributed by atoms with van der Waals surface area (Å²) in [5, 5.41) is 3.76. The topological polar surface area (TPSA) is 39.8 Å². The molecule has 1 aromatic heterocycles. The summed E-state index contributed by atoms with van der Waals surface area (Å²) in [6.07, 6.45) is 1.32. The Morgan fingerprint density at radius 2 is 2.12 bits per heavy atom. The molecule has 0 saturated carbocycles. The lowest BCUT2D eigenvalue weighted by Crippen LogP contribution is -2.23. The third-order valence-corrected chi connectivity index (χ3v) is 2.21. The molecule has 0 amide bonds. The van der Waals surface area contributed by atoms with Crippen molar-refractivity contribution in [3.05, 3.63) is 52.2 Å². The van der Waals surface area contributed by atoms with Crippen molar-refractivity contribution < 1.29 is 8.78 Å². The molecule has 0 fully saturated rings. The average Bonchev–Trinajstić information content (AvgIpc) is 2.55. The molecular formula is C10H9F2N3O. The number of rotatable bonds is 2. The molecule has 0 aliphatic carbocycles. The van der Waals surface area contributed by atoms with Crippen molar-refractivity contribution in [3.8, 4) is 0 Å². The monoisotopic (exact) mass is 225 g/mol. The maximum Gasteiger partial charge on any atom is 0.345 e. The van der Waals surface area contributed by atoms with Gasteiger partial charge in [-0.05, 0) is 18.2 Å². The highest BCUT2D eigenvalue weighted by molar-refractivity contribution is 5.18. The summed E-state index contributed by atoms with van der Waals surface area (Å²) >= 11 is 0. The molecule has 0 radical (unpaired) electrons. The Morgan fingerprint density at radius 3 is 2.75 bits per heavy atom. The highest BCUT2D eigenvalue weighted by atomic mass is 19.1. The van der Waals surface area contributed by atoms with Crippen LogP contribution < -0.4 is 5.69 Å². The Balaban J connectivity index is 2.37. The fourth-order valence-corrected chi connectivity index (χ4v) is 1.35. The molecule has 0 bridgehead atoms. The van der Waals surface area contributed by atoms with Gasteiger partial charge in [0.25, 0.3) is 0 Å². The first-order chi connectivity index (χ1) is 7.58. The second kappa shape index (κ2) is 3.88. The average molecular weight is 225 g/mol. The summed E-state index contributed by atoms with van der Waals surface area (Å²) in [6.45, 7) is -0.0801. The Labute approximate surface area is 89.7 Å². The van der Waals surface area contributed by atoms with Gasteiger partial charge in [-0.25, -0.2) is 18.3 Å². The van der Waals surface area contributed by atoms with Crippen molar-refractivity contribution in [1.82, 2.24) is 14.3 Å². The van der Waals surface area contributed by atoms with Gasteiger partial charge in [0.1, 0.15) is 18.0 Å². The van der Waals surface area contributed by atoms with E-state index in [1.165, 1.54) is 17.9 Å². The minimum absolute atomic E-state index is 0.0801. The Bertz CT molecular complexity index is 574. The summed E-state index contributed by atoms with van der Waals surface area (Å²) in [5.74, 6) is -1.10. The third kappa shape index (κ3) is 1.86. The molecule has 16 heavy (non-hydrogen) atoms. The molecule has 0 spiro atoms. The van der Waals surface area contributed by atoms with Gasteiger partial charge in [0.2, 0.25) is 0 Å². The maximum atomic E-state index is 13.3. The van der Waals surface area contributed by atoms with Gasteiger partial charge in [0.15, 0.2) is 0 Å². The van der Waals surface area contributed by atoms with Crippen molar-refractivity contribution in [2.24, 2.45) is 7.05 Å². The largest absolute Gasteiger partial charge is 0.345 e. The maximum absolute atomic E-state index is 13.3. The molecule has 6 heteroatoms. The van der Waals surface area contributed by atoms with Gasteiger partial charge in [0, 0.05) is 12.6 Å². The van der Waals surface area contributed by atoms with Crippen LogP contribution in [0.3, 0.4) is 0 Å². The van der Waals surface area contributed by atoms with E-state index in [-0.39, 0.29) is 17.8 Å². The van der Waals surface area contributed by atoms with Crippen LogP contribution in [0.5, 0.6) is 0 Å². The van der Waals surface area contributed by atoms with Gasteiger partial charge >= 0.3 is 5.69 Å². The van der Waals surface area contributed by atoms with Crippen molar-refractivity contribution in [2.45, 2.75) is 6.54 Å². The lowest BCUT2D eigenvalue weighted by molar-refractivity contribution is 0.559. The first-order valence-corrected chi connectivity index (χ1v) is 4.60. The quantitative estimate of drug-likeness (QED) is 0.762. The third-order valence-electron chi connectivity index (χ3n) is 2.21. The fourth-order valence-electron chi connectivity index (χ4n) is 1.35. The Hall–Kier alpha value is -1.98. The second-order valence-corrected chi connectivity index (χ2v) is 3.42. The van der Waals surface area contributed by atoms with E-state index in [0.29, 0.717) is 0 Å². The van der Waals surface area contributed by atoms with Gasteiger partial charge < -0.3 is 0 Å². The summed E-state index contributed by atoms with van der Waals surface area (Å²) in [5.41, 5.74) is -0.274. The molecule has 1 heterocycles. The van der Waals surface area contributed by atoms with Gasteiger partial charge in [-0.2, -0.15) is 5.10 Å². The van der Waals surface area contributed by atoms with Crippen molar-refractivity contribution in [3.63, 3.8) is 0 Å². The molecule has 0 aliphatic rings. The minimum Gasteiger partial charge on any atom is -0.285 e. The number of halogens is 2. The molecule has 2 rings (SSSR count). The molecule has 4 nitrogen and oxygen atoms in total. The highest BCUT2D eigenvalue weighted by Crippen LogP contribution is 2.09. The first-order valence-electron chi connectivity index (χ1n) is 4.60. The number of hydrogen-bond donors (Lipinski definition) is 0. The lowest BCUT2D eigenvalue weighted by atomic mass is 10.2. The Kier molecular flexibility index (Phi) is 2.55. The van der Waals surface area contributed by atoms with E-state index >= 15 is 0 Å². The van der Waals surface area contributed by atoms with Crippen LogP contribution in [0.1, 0.15) is 5.56 Å². The van der Waals surface area contributed by atoms with E-state index in [2.05, 4.69) is 5.10 Å². The summed E-state index contributed by atoms with van der Waals surface area (Å²) in [4.78, 5) is 11.4. The first kappa shape index (κ1) is 10.5. The van der Waals surface area contributed by atoms with E-state index < -0.39 is 11.6 Å². The van der Waals surface area contributed by atoms with Gasteiger partial charge in [-0.3, -0.25) is 4.57 Å². The van der Waals surface area contributed by atoms with E-state index in [0.717, 1.165) is 22.9 Å². The zero-order chi connectivity index (χ0) is 11.7. The molecule has 84 valence electrons. The van der Waals surface area contributed by atoms with Crippen LogP contribution >= 0.6 is 0 Å². The standard InChI is InChI=1S/C10H9F2N3O/c1-14-6-13-15(10(14)16)5-7-4-8(11)2-3-9(7)12/h2-4,6H,5H2,1H3. The molecular weight excluding hydrogens is 216 g/mol. The molecule has 2 aromatic rings. The predicted octanol–water partition coefficient (Wildman–Crippen LogP) is 0.908. The van der Waals surface area contributed by atoms with Crippen LogP contribution in [0.25, 0.3) is 0 Å². The fraction of sp³-hybridized carbons (Fsp3) is 0.200. The summed E-state index contributed by atoms with van der Waals surface area (Å²) in [6, 6.07) is 3.11. The second-order valence-electron chi connectivity index (χ2n) is 3.42. The van der Waals surface area contributed by atoms with E-state index in [1.54, 1.807) is 0 Å². The SMILES string of the molecule is Cn1cnn(Cc2cc(F)ccc2F)c1=O. The number of hydrogen-bond acceptors (Lipinski definition) is 2. The molecule has 0 saturated heterocycles. The number of benzene rings is 1. The van der Waals surface area contributed by atoms with Crippen LogP contribution in [0.2, 0.25) is 0 Å². The zero-order valence-corrected chi connectivity index (χ0v) is 8.52. The van der Waals surface area contributed by atoms with E-state index in [1.807, 2.05) is 0 Å². The number of nitrogens with zero attached hydrogens (tertiary/aromatic N) is 3. The van der Waals surface area contributed by atoms with Crippen LogP contribution in [0.15, 0.2) is 29.3 Å². The van der Waals surface area contributed by atoms with E-state index in [9.17, 15) is 13.6 Å². The van der Waals surface area contributed by atoms with Gasteiger partial charge in [-0.1, -0.05) is 0 Å². The van der Waals surface area contributed by atoms with Gasteiger partial charge in [-0.15, -0.1) is 0 Å². The highest BCUT2D eigenvalue weighted by Gasteiger charge is 2.08. The molecule has 1 aromatic carbocycles.